The van der Waals surface area contributed by atoms with E-state index < -0.39 is 11.6 Å². The standard InChI is InChI=1S/C23H19F2N5O3/c1-32-23-28-20-17-21(29-23)30-5-4-26-9-13(30)10-33-22(17)27-19(18(20)25)16-8-14(31)6-11-2-3-12(24)7-15(11)16/h2-3,6-8,13,26,31H,4-5,9-10H2,1H3/t13-/m0/s1. The van der Waals surface area contributed by atoms with Crippen molar-refractivity contribution >= 4 is 27.5 Å². The first-order valence-electron chi connectivity index (χ1n) is 10.5. The van der Waals surface area contributed by atoms with Crippen LogP contribution in [0.1, 0.15) is 0 Å². The average molecular weight is 451 g/mol. The van der Waals surface area contributed by atoms with Crippen molar-refractivity contribution in [3.63, 3.8) is 0 Å². The number of rotatable bonds is 2. The van der Waals surface area contributed by atoms with Crippen LogP contribution in [0.2, 0.25) is 0 Å². The van der Waals surface area contributed by atoms with Crippen LogP contribution in [-0.2, 0) is 0 Å². The van der Waals surface area contributed by atoms with Gasteiger partial charge in [-0.2, -0.15) is 9.97 Å². The Hall–Kier alpha value is -3.79. The first-order valence-corrected chi connectivity index (χ1v) is 10.5. The summed E-state index contributed by atoms with van der Waals surface area (Å²) in [6.07, 6.45) is 0. The minimum absolute atomic E-state index is 0.0103. The van der Waals surface area contributed by atoms with E-state index in [0.29, 0.717) is 41.7 Å². The molecule has 4 heterocycles. The molecule has 0 saturated carbocycles. The molecule has 1 fully saturated rings. The zero-order chi connectivity index (χ0) is 22.7. The summed E-state index contributed by atoms with van der Waals surface area (Å²) >= 11 is 0. The van der Waals surface area contributed by atoms with Crippen molar-refractivity contribution in [1.82, 2.24) is 20.3 Å². The van der Waals surface area contributed by atoms with E-state index in [-0.39, 0.29) is 40.5 Å². The minimum atomic E-state index is -0.732. The second kappa shape index (κ2) is 7.38. The van der Waals surface area contributed by atoms with E-state index in [1.54, 1.807) is 0 Å². The number of ether oxygens (including phenoxy) is 2. The Bertz CT molecular complexity index is 1430. The molecule has 0 amide bonds. The number of pyridine rings is 1. The number of piperazine rings is 1. The Kier molecular flexibility index (Phi) is 4.44. The highest BCUT2D eigenvalue weighted by Crippen LogP contribution is 2.42. The molecule has 6 rings (SSSR count). The summed E-state index contributed by atoms with van der Waals surface area (Å²) in [5.41, 5.74) is 0.115. The van der Waals surface area contributed by atoms with Gasteiger partial charge in [0.15, 0.2) is 5.82 Å². The quantitative estimate of drug-likeness (QED) is 0.481. The molecular weight excluding hydrogens is 432 g/mol. The lowest BCUT2D eigenvalue weighted by Gasteiger charge is -2.35. The summed E-state index contributed by atoms with van der Waals surface area (Å²) in [7, 11) is 1.42. The van der Waals surface area contributed by atoms with Crippen LogP contribution in [0.5, 0.6) is 17.6 Å². The smallest absolute Gasteiger partial charge is 0.318 e. The Morgan fingerprint density at radius 1 is 1.18 bits per heavy atom. The van der Waals surface area contributed by atoms with Gasteiger partial charge in [-0.25, -0.2) is 13.8 Å². The Morgan fingerprint density at radius 3 is 2.91 bits per heavy atom. The summed E-state index contributed by atoms with van der Waals surface area (Å²) in [5.74, 6) is -0.631. The van der Waals surface area contributed by atoms with Crippen molar-refractivity contribution in [3.8, 4) is 28.9 Å². The zero-order valence-electron chi connectivity index (χ0n) is 17.6. The summed E-state index contributed by atoms with van der Waals surface area (Å²) in [4.78, 5) is 15.3. The van der Waals surface area contributed by atoms with Crippen LogP contribution in [0, 0.1) is 11.6 Å². The number of nitrogens with zero attached hydrogens (tertiary/aromatic N) is 4. The number of aromatic hydroxyl groups is 1. The van der Waals surface area contributed by atoms with Gasteiger partial charge in [-0.3, -0.25) is 0 Å². The van der Waals surface area contributed by atoms with Gasteiger partial charge in [-0.15, -0.1) is 0 Å². The van der Waals surface area contributed by atoms with Crippen molar-refractivity contribution in [1.29, 1.82) is 0 Å². The molecule has 4 aromatic rings. The maximum Gasteiger partial charge on any atom is 0.318 e. The number of benzene rings is 2. The van der Waals surface area contributed by atoms with Gasteiger partial charge in [0.1, 0.15) is 40.6 Å². The summed E-state index contributed by atoms with van der Waals surface area (Å²) in [6.45, 7) is 2.39. The highest BCUT2D eigenvalue weighted by Gasteiger charge is 2.33. The van der Waals surface area contributed by atoms with Crippen molar-refractivity contribution in [2.75, 3.05) is 38.3 Å². The lowest BCUT2D eigenvalue weighted by Crippen LogP contribution is -2.53. The average Bonchev–Trinajstić information content (AvgIpc) is 2.98. The number of halogens is 2. The first kappa shape index (κ1) is 19.9. The molecular formula is C23H19F2N5O3. The number of hydrogen-bond donors (Lipinski definition) is 2. The van der Waals surface area contributed by atoms with Crippen LogP contribution in [0.15, 0.2) is 30.3 Å². The molecule has 8 nitrogen and oxygen atoms in total. The van der Waals surface area contributed by atoms with Crippen molar-refractivity contribution in [3.05, 3.63) is 42.0 Å². The highest BCUT2D eigenvalue weighted by molar-refractivity contribution is 6.02. The fourth-order valence-corrected chi connectivity index (χ4v) is 4.56. The van der Waals surface area contributed by atoms with E-state index in [1.165, 1.54) is 37.4 Å². The molecule has 2 aliphatic heterocycles. The number of aromatic nitrogens is 3. The number of fused-ring (bicyclic) bond motifs is 3. The van der Waals surface area contributed by atoms with Gasteiger partial charge in [-0.1, -0.05) is 6.07 Å². The third-order valence-corrected chi connectivity index (χ3v) is 6.09. The van der Waals surface area contributed by atoms with Gasteiger partial charge in [-0.05, 0) is 35.0 Å². The largest absolute Gasteiger partial charge is 0.508 e. The normalized spacial score (nSPS) is 17.5. The molecule has 0 spiro atoms. The predicted octanol–water partition coefficient (Wildman–Crippen LogP) is 3.01. The first-order chi connectivity index (χ1) is 16.0. The monoisotopic (exact) mass is 451 g/mol. The maximum absolute atomic E-state index is 16.0. The molecule has 0 radical (unpaired) electrons. The Balaban J connectivity index is 1.68. The number of hydrogen-bond acceptors (Lipinski definition) is 8. The molecule has 2 aromatic heterocycles. The third kappa shape index (κ3) is 3.09. The van der Waals surface area contributed by atoms with E-state index in [9.17, 15) is 9.50 Å². The van der Waals surface area contributed by atoms with Crippen LogP contribution < -0.4 is 19.7 Å². The molecule has 2 aliphatic rings. The van der Waals surface area contributed by atoms with Crippen molar-refractivity contribution < 1.29 is 23.4 Å². The maximum atomic E-state index is 16.0. The SMILES string of the molecule is COc1nc2c3c(nc(-c4cc(O)cc5ccc(F)cc45)c(F)c3n1)OC[C@@H]1CNCCN21. The molecule has 33 heavy (non-hydrogen) atoms. The van der Waals surface area contributed by atoms with Crippen molar-refractivity contribution in [2.24, 2.45) is 0 Å². The molecule has 1 saturated heterocycles. The van der Waals surface area contributed by atoms with E-state index in [2.05, 4.69) is 25.2 Å². The van der Waals surface area contributed by atoms with Crippen LogP contribution in [0.4, 0.5) is 14.6 Å². The van der Waals surface area contributed by atoms with Crippen LogP contribution in [0.25, 0.3) is 32.9 Å². The second-order valence-electron chi connectivity index (χ2n) is 8.06. The lowest BCUT2D eigenvalue weighted by atomic mass is 10.00. The molecule has 1 atom stereocenters. The molecule has 0 bridgehead atoms. The molecule has 2 N–H and O–H groups in total. The van der Waals surface area contributed by atoms with Gasteiger partial charge in [0, 0.05) is 25.2 Å². The zero-order valence-corrected chi connectivity index (χ0v) is 17.6. The van der Waals surface area contributed by atoms with E-state index in [4.69, 9.17) is 9.47 Å². The van der Waals surface area contributed by atoms with Crippen LogP contribution in [0.3, 0.4) is 0 Å². The fourth-order valence-electron chi connectivity index (χ4n) is 4.56. The van der Waals surface area contributed by atoms with Gasteiger partial charge in [0.25, 0.3) is 0 Å². The van der Waals surface area contributed by atoms with E-state index in [1.807, 2.05) is 0 Å². The van der Waals surface area contributed by atoms with Gasteiger partial charge < -0.3 is 24.8 Å². The minimum Gasteiger partial charge on any atom is -0.508 e. The Labute approximate surface area is 186 Å². The second-order valence-corrected chi connectivity index (χ2v) is 8.06. The number of anilines is 1. The number of phenols is 1. The van der Waals surface area contributed by atoms with Gasteiger partial charge >= 0.3 is 6.01 Å². The number of nitrogens with one attached hydrogen (secondary N) is 1. The molecule has 0 unspecified atom stereocenters. The summed E-state index contributed by atoms with van der Waals surface area (Å²) in [6, 6.07) is 6.91. The third-order valence-electron chi connectivity index (χ3n) is 6.09. The molecule has 2 aromatic carbocycles. The predicted molar refractivity (Wildman–Crippen MR) is 118 cm³/mol. The number of methoxy groups -OCH3 is 1. The summed E-state index contributed by atoms with van der Waals surface area (Å²) in [5, 5.41) is 14.9. The van der Waals surface area contributed by atoms with Gasteiger partial charge in [0.05, 0.1) is 13.2 Å². The van der Waals surface area contributed by atoms with Crippen LogP contribution >= 0.6 is 0 Å². The molecule has 168 valence electrons. The lowest BCUT2D eigenvalue weighted by molar-refractivity contribution is 0.266. The highest BCUT2D eigenvalue weighted by atomic mass is 19.1. The molecule has 10 heteroatoms. The van der Waals surface area contributed by atoms with E-state index in [0.717, 1.165) is 6.54 Å². The topological polar surface area (TPSA) is 92.6 Å². The van der Waals surface area contributed by atoms with Gasteiger partial charge in [0.2, 0.25) is 5.88 Å². The molecule has 0 aliphatic carbocycles. The van der Waals surface area contributed by atoms with Crippen LogP contribution in [-0.4, -0.2) is 59.5 Å². The Morgan fingerprint density at radius 2 is 2.06 bits per heavy atom. The van der Waals surface area contributed by atoms with E-state index >= 15 is 4.39 Å². The number of phenolic OH excluding ortho intramolecular Hbond substituents is 1. The fraction of sp³-hybridized carbons (Fsp3) is 0.261. The summed E-state index contributed by atoms with van der Waals surface area (Å²) < 4.78 is 41.4. The van der Waals surface area contributed by atoms with Crippen molar-refractivity contribution in [2.45, 2.75) is 6.04 Å².